The fraction of sp³-hybridized carbons (Fsp3) is 0.273. The van der Waals surface area contributed by atoms with Crippen LogP contribution in [0.5, 0.6) is 0 Å². The lowest BCUT2D eigenvalue weighted by Gasteiger charge is -2.26. The summed E-state index contributed by atoms with van der Waals surface area (Å²) >= 11 is 0. The molecule has 0 fully saturated rings. The zero-order chi connectivity index (χ0) is 9.90. The average molecular weight is 192 g/mol. The molecule has 0 aliphatic carbocycles. The lowest BCUT2D eigenvalue weighted by atomic mass is 10.4. The molecule has 0 saturated carbocycles. The SMILES string of the molecule is C=C[C@H](O)[Si](C)(C)c1ccccc1. The zero-order valence-electron chi connectivity index (χ0n) is 8.20. The largest absolute Gasteiger partial charge is 0.392 e. The number of aliphatic hydroxyl groups excluding tert-OH is 1. The van der Waals surface area contributed by atoms with E-state index in [1.165, 1.54) is 5.19 Å². The van der Waals surface area contributed by atoms with E-state index < -0.39 is 8.07 Å². The Morgan fingerprint density at radius 2 is 1.85 bits per heavy atom. The minimum Gasteiger partial charge on any atom is -0.392 e. The van der Waals surface area contributed by atoms with Crippen molar-refractivity contribution in [2.24, 2.45) is 0 Å². The lowest BCUT2D eigenvalue weighted by Crippen LogP contribution is -2.51. The highest BCUT2D eigenvalue weighted by Gasteiger charge is 2.29. The van der Waals surface area contributed by atoms with Gasteiger partial charge in [0.25, 0.3) is 0 Å². The molecule has 70 valence electrons. The standard InChI is InChI=1S/C11H16OSi/c1-4-11(12)13(2,3)10-8-6-5-7-9-10/h4-9,11-12H,1H2,2-3H3/t11-/m1/s1. The molecule has 0 radical (unpaired) electrons. The van der Waals surface area contributed by atoms with E-state index in [9.17, 15) is 5.11 Å². The van der Waals surface area contributed by atoms with Gasteiger partial charge in [-0.3, -0.25) is 0 Å². The summed E-state index contributed by atoms with van der Waals surface area (Å²) in [6.07, 6.45) is 1.64. The third-order valence-electron chi connectivity index (χ3n) is 2.48. The highest BCUT2D eigenvalue weighted by atomic mass is 28.3. The van der Waals surface area contributed by atoms with Gasteiger partial charge >= 0.3 is 0 Å². The van der Waals surface area contributed by atoms with E-state index in [4.69, 9.17) is 0 Å². The molecule has 0 aliphatic rings. The Labute approximate surface area is 80.7 Å². The molecular weight excluding hydrogens is 176 g/mol. The molecular formula is C11H16OSi. The Hall–Kier alpha value is -0.863. The van der Waals surface area contributed by atoms with E-state index in [2.05, 4.69) is 31.8 Å². The molecule has 1 N–H and O–H groups in total. The summed E-state index contributed by atoms with van der Waals surface area (Å²) in [5, 5.41) is 11.0. The number of hydrogen-bond donors (Lipinski definition) is 1. The molecule has 1 aromatic carbocycles. The number of rotatable bonds is 3. The van der Waals surface area contributed by atoms with Crippen molar-refractivity contribution in [3.8, 4) is 0 Å². The van der Waals surface area contributed by atoms with Gasteiger partial charge in [0.1, 0.15) is 8.07 Å². The molecule has 0 heterocycles. The van der Waals surface area contributed by atoms with Crippen molar-refractivity contribution in [2.45, 2.75) is 18.8 Å². The van der Waals surface area contributed by atoms with E-state index in [0.29, 0.717) is 0 Å². The molecule has 0 unspecified atom stereocenters. The first-order valence-corrected chi connectivity index (χ1v) is 7.53. The molecule has 13 heavy (non-hydrogen) atoms. The third-order valence-corrected chi connectivity index (χ3v) is 6.02. The Morgan fingerprint density at radius 3 is 2.31 bits per heavy atom. The fourth-order valence-electron chi connectivity index (χ4n) is 1.33. The second-order valence-corrected chi connectivity index (χ2v) is 8.38. The molecule has 1 nitrogen and oxygen atoms in total. The van der Waals surface area contributed by atoms with Gasteiger partial charge in [0.05, 0.1) is 5.73 Å². The molecule has 0 saturated heterocycles. The van der Waals surface area contributed by atoms with Crippen molar-refractivity contribution in [3.05, 3.63) is 43.0 Å². The van der Waals surface area contributed by atoms with Crippen molar-refractivity contribution in [3.63, 3.8) is 0 Å². The van der Waals surface area contributed by atoms with Gasteiger partial charge in [0, 0.05) is 0 Å². The second kappa shape index (κ2) is 3.90. The van der Waals surface area contributed by atoms with Crippen LogP contribution in [0.15, 0.2) is 43.0 Å². The van der Waals surface area contributed by atoms with Gasteiger partial charge in [-0.05, 0) is 0 Å². The predicted octanol–water partition coefficient (Wildman–Crippen LogP) is 1.69. The van der Waals surface area contributed by atoms with Crippen molar-refractivity contribution in [1.29, 1.82) is 0 Å². The summed E-state index contributed by atoms with van der Waals surface area (Å²) in [6.45, 7) is 7.93. The fourth-order valence-corrected chi connectivity index (χ4v) is 3.32. The van der Waals surface area contributed by atoms with Crippen molar-refractivity contribution < 1.29 is 5.11 Å². The monoisotopic (exact) mass is 192 g/mol. The number of hydrogen-bond acceptors (Lipinski definition) is 1. The summed E-state index contributed by atoms with van der Waals surface area (Å²) in [5.74, 6) is 0. The smallest absolute Gasteiger partial charge is 0.118 e. The summed E-state index contributed by atoms with van der Waals surface area (Å²) in [7, 11) is -1.75. The van der Waals surface area contributed by atoms with Crippen LogP contribution in [0.3, 0.4) is 0 Å². The third kappa shape index (κ3) is 2.08. The highest BCUT2D eigenvalue weighted by molar-refractivity contribution is 6.91. The van der Waals surface area contributed by atoms with E-state index >= 15 is 0 Å². The van der Waals surface area contributed by atoms with Crippen LogP contribution in [-0.2, 0) is 0 Å². The molecule has 0 spiro atoms. The average Bonchev–Trinajstić information content (AvgIpc) is 2.18. The van der Waals surface area contributed by atoms with E-state index in [1.54, 1.807) is 6.08 Å². The predicted molar refractivity (Wildman–Crippen MR) is 59.8 cm³/mol. The Bertz CT molecular complexity index is 279. The minimum absolute atomic E-state index is 0.366. The molecule has 0 bridgehead atoms. The zero-order valence-corrected chi connectivity index (χ0v) is 9.20. The quantitative estimate of drug-likeness (QED) is 0.571. The summed E-state index contributed by atoms with van der Waals surface area (Å²) in [6, 6.07) is 10.2. The van der Waals surface area contributed by atoms with Crippen molar-refractivity contribution >= 4 is 13.3 Å². The first-order chi connectivity index (χ1) is 6.09. The topological polar surface area (TPSA) is 20.2 Å². The van der Waals surface area contributed by atoms with Crippen LogP contribution in [-0.4, -0.2) is 18.9 Å². The Morgan fingerprint density at radius 1 is 1.31 bits per heavy atom. The molecule has 2 heteroatoms. The van der Waals surface area contributed by atoms with Gasteiger partial charge in [-0.25, -0.2) is 0 Å². The minimum atomic E-state index is -1.75. The molecule has 1 atom stereocenters. The molecule has 0 aliphatic heterocycles. The first-order valence-electron chi connectivity index (χ1n) is 4.45. The maximum absolute atomic E-state index is 9.78. The van der Waals surface area contributed by atoms with Crippen molar-refractivity contribution in [1.82, 2.24) is 0 Å². The van der Waals surface area contributed by atoms with Crippen LogP contribution in [0, 0.1) is 0 Å². The van der Waals surface area contributed by atoms with Crippen LogP contribution in [0.4, 0.5) is 0 Å². The van der Waals surface area contributed by atoms with Crippen LogP contribution < -0.4 is 5.19 Å². The van der Waals surface area contributed by atoms with E-state index in [0.717, 1.165) is 0 Å². The molecule has 1 aromatic rings. The maximum atomic E-state index is 9.78. The summed E-state index contributed by atoms with van der Waals surface area (Å²) in [5.41, 5.74) is -0.366. The first kappa shape index (κ1) is 10.2. The number of aliphatic hydroxyl groups is 1. The molecule has 1 rings (SSSR count). The molecule has 0 amide bonds. The Kier molecular flexibility index (Phi) is 3.06. The van der Waals surface area contributed by atoms with Gasteiger partial charge < -0.3 is 5.11 Å². The summed E-state index contributed by atoms with van der Waals surface area (Å²) < 4.78 is 0. The maximum Gasteiger partial charge on any atom is 0.118 e. The second-order valence-electron chi connectivity index (χ2n) is 3.77. The summed E-state index contributed by atoms with van der Waals surface area (Å²) in [4.78, 5) is 0. The number of benzene rings is 1. The van der Waals surface area contributed by atoms with Crippen LogP contribution in [0.2, 0.25) is 13.1 Å². The van der Waals surface area contributed by atoms with E-state index in [1.807, 2.05) is 18.2 Å². The Balaban J connectivity index is 3.00. The van der Waals surface area contributed by atoms with Gasteiger partial charge in [0.15, 0.2) is 0 Å². The lowest BCUT2D eigenvalue weighted by molar-refractivity contribution is 0.293. The van der Waals surface area contributed by atoms with Gasteiger partial charge in [-0.1, -0.05) is 54.7 Å². The van der Waals surface area contributed by atoms with Gasteiger partial charge in [-0.15, -0.1) is 6.58 Å². The van der Waals surface area contributed by atoms with Crippen LogP contribution >= 0.6 is 0 Å². The van der Waals surface area contributed by atoms with Gasteiger partial charge in [0.2, 0.25) is 0 Å². The van der Waals surface area contributed by atoms with Crippen LogP contribution in [0.1, 0.15) is 0 Å². The highest BCUT2D eigenvalue weighted by Crippen LogP contribution is 2.09. The van der Waals surface area contributed by atoms with E-state index in [-0.39, 0.29) is 5.73 Å². The molecule has 0 aromatic heterocycles. The van der Waals surface area contributed by atoms with Crippen LogP contribution in [0.25, 0.3) is 0 Å². The normalized spacial score (nSPS) is 13.8. The van der Waals surface area contributed by atoms with Gasteiger partial charge in [-0.2, -0.15) is 0 Å². The van der Waals surface area contributed by atoms with Crippen molar-refractivity contribution in [2.75, 3.05) is 0 Å².